The van der Waals surface area contributed by atoms with Crippen molar-refractivity contribution in [2.75, 3.05) is 19.8 Å². The molecule has 0 radical (unpaired) electrons. The van der Waals surface area contributed by atoms with Crippen LogP contribution in [0, 0.1) is 5.41 Å². The Balaban J connectivity index is 2.07. The maximum Gasteiger partial charge on any atom is 0.416 e. The highest BCUT2D eigenvalue weighted by atomic mass is 32.1. The summed E-state index contributed by atoms with van der Waals surface area (Å²) >= 11 is 1.22. The molecule has 34 heavy (non-hydrogen) atoms. The number of carbonyl (C=O) groups excluding carboxylic acids is 1. The monoisotopic (exact) mass is 501 g/mol. The van der Waals surface area contributed by atoms with Gasteiger partial charge < -0.3 is 14.6 Å². The maximum absolute atomic E-state index is 13.3. The molecule has 7 nitrogen and oxygen atoms in total. The van der Waals surface area contributed by atoms with E-state index in [9.17, 15) is 23.1 Å². The highest BCUT2D eigenvalue weighted by Gasteiger charge is 2.36. The normalized spacial score (nSPS) is 16.9. The van der Waals surface area contributed by atoms with Crippen LogP contribution >= 0.6 is 11.3 Å². The number of aromatic nitrogens is 2. The first kappa shape index (κ1) is 26.4. The zero-order valence-corrected chi connectivity index (χ0v) is 20.9. The van der Waals surface area contributed by atoms with Crippen molar-refractivity contribution in [3.05, 3.63) is 39.1 Å². The van der Waals surface area contributed by atoms with Crippen molar-refractivity contribution in [2.45, 2.75) is 65.3 Å². The van der Waals surface area contributed by atoms with Crippen molar-refractivity contribution >= 4 is 17.2 Å². The van der Waals surface area contributed by atoms with Gasteiger partial charge in [-0.15, -0.1) is 0 Å². The molecule has 0 unspecified atom stereocenters. The lowest BCUT2D eigenvalue weighted by Gasteiger charge is -2.37. The lowest BCUT2D eigenvalue weighted by molar-refractivity contribution is -0.137. The summed E-state index contributed by atoms with van der Waals surface area (Å²) in [5.74, 6) is -0.972. The lowest BCUT2D eigenvalue weighted by atomic mass is 9.89. The Bertz CT molecular complexity index is 1120. The van der Waals surface area contributed by atoms with Crippen molar-refractivity contribution < 1.29 is 32.5 Å². The van der Waals surface area contributed by atoms with Crippen LogP contribution in [0.1, 0.15) is 62.5 Å². The molecular weight excluding hydrogens is 471 g/mol. The van der Waals surface area contributed by atoms with E-state index in [0.29, 0.717) is 19.8 Å². The van der Waals surface area contributed by atoms with Crippen LogP contribution in [0.15, 0.2) is 23.2 Å². The van der Waals surface area contributed by atoms with Gasteiger partial charge in [0.2, 0.25) is 4.80 Å². The molecule has 1 N–H and O–H groups in total. The largest absolute Gasteiger partial charge is 0.490 e. The molecule has 2 heterocycles. The molecule has 1 amide bonds. The fourth-order valence-corrected chi connectivity index (χ4v) is 4.06. The van der Waals surface area contributed by atoms with Crippen LogP contribution in [0.25, 0.3) is 0 Å². The van der Waals surface area contributed by atoms with Crippen molar-refractivity contribution in [1.29, 1.82) is 0 Å². The summed E-state index contributed by atoms with van der Waals surface area (Å²) in [4.78, 5) is 17.6. The van der Waals surface area contributed by atoms with Gasteiger partial charge >= 0.3 is 6.18 Å². The number of carbonyl (C=O) groups is 1. The molecule has 1 fully saturated rings. The average Bonchev–Trinajstić information content (AvgIpc) is 3.06. The van der Waals surface area contributed by atoms with E-state index in [2.05, 4.69) is 10.1 Å². The predicted octanol–water partition coefficient (Wildman–Crippen LogP) is 4.19. The highest BCUT2D eigenvalue weighted by molar-refractivity contribution is 7.09. The molecule has 1 saturated heterocycles. The van der Waals surface area contributed by atoms with Crippen LogP contribution in [0.4, 0.5) is 13.2 Å². The zero-order valence-electron chi connectivity index (χ0n) is 20.1. The van der Waals surface area contributed by atoms with Crippen molar-refractivity contribution in [3.8, 4) is 5.75 Å². The van der Waals surface area contributed by atoms with E-state index in [4.69, 9.17) is 9.47 Å². The van der Waals surface area contributed by atoms with Crippen LogP contribution in [-0.4, -0.2) is 46.2 Å². The molecule has 0 spiro atoms. The van der Waals surface area contributed by atoms with Crippen LogP contribution in [0.5, 0.6) is 5.75 Å². The smallest absolute Gasteiger partial charge is 0.416 e. The third kappa shape index (κ3) is 6.45. The van der Waals surface area contributed by atoms with E-state index in [1.807, 2.05) is 27.7 Å². The lowest BCUT2D eigenvalue weighted by Crippen LogP contribution is -2.45. The molecule has 0 atom stereocenters. The first-order chi connectivity index (χ1) is 15.5. The number of hydrogen-bond donors (Lipinski definition) is 1. The third-order valence-electron chi connectivity index (χ3n) is 5.01. The SMILES string of the molecule is CC(C)(O)COc1ccc(C(F)(F)F)cc1C(=O)/N=c1\sc(C(C)(C)C)nn1CC1(C)COC1. The van der Waals surface area contributed by atoms with E-state index < -0.39 is 23.2 Å². The van der Waals surface area contributed by atoms with Gasteiger partial charge in [0.05, 0.1) is 36.5 Å². The van der Waals surface area contributed by atoms with E-state index >= 15 is 0 Å². The Morgan fingerprint density at radius 2 is 1.91 bits per heavy atom. The molecule has 1 aromatic carbocycles. The maximum atomic E-state index is 13.3. The molecular formula is C23H30F3N3O4S. The van der Waals surface area contributed by atoms with Gasteiger partial charge in [-0.2, -0.15) is 23.3 Å². The van der Waals surface area contributed by atoms with Crippen molar-refractivity contribution in [1.82, 2.24) is 9.78 Å². The zero-order chi connectivity index (χ0) is 25.5. The van der Waals surface area contributed by atoms with Crippen LogP contribution in [0.3, 0.4) is 0 Å². The van der Waals surface area contributed by atoms with Crippen LogP contribution in [-0.2, 0) is 22.9 Å². The first-order valence-corrected chi connectivity index (χ1v) is 11.6. The summed E-state index contributed by atoms with van der Waals surface area (Å²) in [6, 6.07) is 2.63. The second-order valence-corrected chi connectivity index (χ2v) is 11.6. The number of ether oxygens (including phenoxy) is 2. The number of rotatable bonds is 6. The second-order valence-electron chi connectivity index (χ2n) is 10.6. The number of benzene rings is 1. The fourth-order valence-electron chi connectivity index (χ4n) is 3.10. The Morgan fingerprint density at radius 1 is 1.26 bits per heavy atom. The fraction of sp³-hybridized carbons (Fsp3) is 0.609. The Morgan fingerprint density at radius 3 is 2.41 bits per heavy atom. The summed E-state index contributed by atoms with van der Waals surface area (Å²) in [5, 5.41) is 15.3. The average molecular weight is 502 g/mol. The molecule has 1 aliphatic rings. The van der Waals surface area contributed by atoms with Gasteiger partial charge in [0, 0.05) is 10.8 Å². The summed E-state index contributed by atoms with van der Waals surface area (Å²) in [7, 11) is 0. The summed E-state index contributed by atoms with van der Waals surface area (Å²) < 4.78 is 52.5. The highest BCUT2D eigenvalue weighted by Crippen LogP contribution is 2.33. The van der Waals surface area contributed by atoms with E-state index in [1.54, 1.807) is 4.68 Å². The number of hydrogen-bond acceptors (Lipinski definition) is 6. The molecule has 11 heteroatoms. The van der Waals surface area contributed by atoms with Gasteiger partial charge in [-0.3, -0.25) is 4.79 Å². The van der Waals surface area contributed by atoms with Crippen LogP contribution in [0.2, 0.25) is 0 Å². The minimum absolute atomic E-state index is 0.0876. The summed E-state index contributed by atoms with van der Waals surface area (Å²) in [6.07, 6.45) is -4.65. The minimum Gasteiger partial charge on any atom is -0.490 e. The van der Waals surface area contributed by atoms with E-state index in [-0.39, 0.29) is 33.6 Å². The predicted molar refractivity (Wildman–Crippen MR) is 121 cm³/mol. The Hall–Kier alpha value is -2.24. The van der Waals surface area contributed by atoms with Crippen molar-refractivity contribution in [2.24, 2.45) is 10.4 Å². The number of amides is 1. The molecule has 188 valence electrons. The standard InChI is InChI=1S/C23H30F3N3O4S/c1-20(2,3)18-28-29(10-22(6)12-32-13-22)19(34-18)27-17(30)15-9-14(23(24,25)26)7-8-16(15)33-11-21(4,5)31/h7-9,31H,10-13H2,1-6H3/b27-19-. The van der Waals surface area contributed by atoms with Gasteiger partial charge in [-0.25, -0.2) is 4.68 Å². The Labute approximate surface area is 200 Å². The second kappa shape index (κ2) is 9.09. The quantitative estimate of drug-likeness (QED) is 0.642. The number of alkyl halides is 3. The van der Waals surface area contributed by atoms with Gasteiger partial charge in [0.1, 0.15) is 17.4 Å². The Kier molecular flexibility index (Phi) is 7.05. The van der Waals surface area contributed by atoms with Gasteiger partial charge in [-0.05, 0) is 32.0 Å². The molecule has 3 rings (SSSR count). The molecule has 2 aromatic rings. The first-order valence-electron chi connectivity index (χ1n) is 10.8. The minimum atomic E-state index is -4.65. The number of nitrogens with zero attached hydrogens (tertiary/aromatic N) is 3. The molecule has 1 aliphatic heterocycles. The third-order valence-corrected chi connectivity index (χ3v) is 6.38. The molecule has 1 aromatic heterocycles. The van der Waals surface area contributed by atoms with Crippen molar-refractivity contribution in [3.63, 3.8) is 0 Å². The van der Waals surface area contributed by atoms with Crippen LogP contribution < -0.4 is 9.54 Å². The van der Waals surface area contributed by atoms with Gasteiger partial charge in [0.15, 0.2) is 0 Å². The van der Waals surface area contributed by atoms with Gasteiger partial charge in [-0.1, -0.05) is 39.0 Å². The summed E-state index contributed by atoms with van der Waals surface area (Å²) in [6.45, 7) is 12.3. The summed E-state index contributed by atoms with van der Waals surface area (Å²) in [5.41, 5.74) is -3.05. The van der Waals surface area contributed by atoms with Gasteiger partial charge in [0.25, 0.3) is 5.91 Å². The van der Waals surface area contributed by atoms with E-state index in [1.165, 1.54) is 25.2 Å². The molecule has 0 aliphatic carbocycles. The number of aliphatic hydroxyl groups is 1. The topological polar surface area (TPSA) is 85.9 Å². The van der Waals surface area contributed by atoms with E-state index in [0.717, 1.165) is 23.2 Å². The molecule has 0 bridgehead atoms. The molecule has 0 saturated carbocycles. The number of halogens is 3.